The molecule has 4 N–H and O–H groups in total. The smallest absolute Gasteiger partial charge is 0.315 e. The molecule has 348 valence electrons. The summed E-state index contributed by atoms with van der Waals surface area (Å²) in [5, 5.41) is 28.4. The minimum atomic E-state index is -0.240. The molecule has 3 amide bonds. The number of aliphatic hydroxyl groups excluding tert-OH is 1. The molecular weight excluding hydrogens is 805 g/mol. The van der Waals surface area contributed by atoms with E-state index in [2.05, 4.69) is 72.7 Å². The minimum Gasteiger partial charge on any atom is -0.393 e. The van der Waals surface area contributed by atoms with E-state index in [1.807, 2.05) is 22.6 Å². The molecule has 13 nitrogen and oxygen atoms in total. The fourth-order valence-electron chi connectivity index (χ4n) is 10.8. The van der Waals surface area contributed by atoms with Crippen LogP contribution in [0.1, 0.15) is 123 Å². The lowest BCUT2D eigenvalue weighted by molar-refractivity contribution is -0.121. The van der Waals surface area contributed by atoms with Crippen LogP contribution in [0, 0.1) is 29.1 Å². The maximum Gasteiger partial charge on any atom is 0.315 e. The zero-order valence-electron chi connectivity index (χ0n) is 38.3. The molecule has 6 rings (SSSR count). The number of carbonyl (C=O) groups excluding carboxylic acids is 2. The Hall–Kier alpha value is -2.75. The lowest BCUT2D eigenvalue weighted by Crippen LogP contribution is -2.40. The summed E-state index contributed by atoms with van der Waals surface area (Å²) in [5.41, 5.74) is 5.14. The van der Waals surface area contributed by atoms with E-state index < -0.39 is 0 Å². The highest BCUT2D eigenvalue weighted by molar-refractivity contribution is 8.00. The number of amides is 3. The second kappa shape index (κ2) is 24.5. The van der Waals surface area contributed by atoms with Crippen molar-refractivity contribution < 1.29 is 33.6 Å². The molecule has 62 heavy (non-hydrogen) atoms. The third kappa shape index (κ3) is 14.1. The van der Waals surface area contributed by atoms with Gasteiger partial charge in [0.15, 0.2) is 0 Å². The number of allylic oxidation sites excluding steroid dienone is 4. The maximum atomic E-state index is 12.2. The number of hydrogen-bond acceptors (Lipinski definition) is 10. The normalized spacial score (nSPS) is 29.5. The molecule has 0 radical (unpaired) electrons. The number of thioether (sulfide) groups is 1. The monoisotopic (exact) mass is 883 g/mol. The molecule has 0 aromatic carbocycles. The molecule has 3 heterocycles. The van der Waals surface area contributed by atoms with Gasteiger partial charge in [-0.25, -0.2) is 9.48 Å². The van der Waals surface area contributed by atoms with Crippen LogP contribution in [-0.2, 0) is 36.9 Å². The van der Waals surface area contributed by atoms with Gasteiger partial charge in [-0.2, -0.15) is 11.8 Å². The van der Waals surface area contributed by atoms with Crippen LogP contribution in [0.2, 0.25) is 0 Å². The molecular formula is C48H78N6O7S. The van der Waals surface area contributed by atoms with Gasteiger partial charge >= 0.3 is 6.03 Å². The summed E-state index contributed by atoms with van der Waals surface area (Å²) in [5.74, 6) is 3.29. The van der Waals surface area contributed by atoms with Gasteiger partial charge in [-0.05, 0) is 112 Å². The van der Waals surface area contributed by atoms with Crippen LogP contribution >= 0.6 is 11.8 Å². The molecule has 0 bridgehead atoms. The molecule has 3 saturated carbocycles. The van der Waals surface area contributed by atoms with E-state index in [-0.39, 0.29) is 41.6 Å². The second-order valence-corrected chi connectivity index (χ2v) is 20.5. The molecule has 3 aliphatic carbocycles. The maximum absolute atomic E-state index is 12.2. The fraction of sp³-hybridized carbons (Fsp3) is 0.792. The van der Waals surface area contributed by atoms with E-state index in [0.29, 0.717) is 94.7 Å². The number of nitrogens with zero attached hydrogens (tertiary/aromatic N) is 3. The van der Waals surface area contributed by atoms with Gasteiger partial charge in [0.1, 0.15) is 5.69 Å². The van der Waals surface area contributed by atoms with Gasteiger partial charge in [0.25, 0.3) is 0 Å². The van der Waals surface area contributed by atoms with Crippen LogP contribution in [0.3, 0.4) is 0 Å². The Kier molecular flexibility index (Phi) is 19.3. The lowest BCUT2D eigenvalue weighted by Gasteiger charge is -2.45. The first-order valence-electron chi connectivity index (χ1n) is 23.9. The van der Waals surface area contributed by atoms with E-state index in [4.69, 9.17) is 18.9 Å². The number of unbranched alkanes of at least 4 members (excludes halogenated alkanes) is 1. The van der Waals surface area contributed by atoms with Crippen LogP contribution in [0.15, 0.2) is 41.6 Å². The summed E-state index contributed by atoms with van der Waals surface area (Å²) in [6.07, 6.45) is 20.7. The molecule has 9 atom stereocenters. The SMILES string of the molecule is C=C1CC[C@H](O)CC1=C/C=C1\CCC[C@]2(C)[C@@H]([C@H](C)[C@@H](CCC(C)C)OCc3cn(CCOCCOCCOCCNC(=O)CCCC[C@H]4SC[C@H]5NC(=O)N[C@H]54)nn3)CC[C@@H]12. The Morgan fingerprint density at radius 1 is 1.05 bits per heavy atom. The fourth-order valence-corrected chi connectivity index (χ4v) is 12.4. The summed E-state index contributed by atoms with van der Waals surface area (Å²) in [4.78, 5) is 23.7. The van der Waals surface area contributed by atoms with Gasteiger partial charge in [0.2, 0.25) is 5.91 Å². The number of hydrogen-bond donors (Lipinski definition) is 4. The minimum absolute atomic E-state index is 0.0503. The Labute approximate surface area is 375 Å². The first kappa shape index (κ1) is 48.7. The number of fused-ring (bicyclic) bond motifs is 2. The van der Waals surface area contributed by atoms with E-state index in [1.165, 1.54) is 43.3 Å². The lowest BCUT2D eigenvalue weighted by atomic mass is 9.60. The van der Waals surface area contributed by atoms with Crippen molar-refractivity contribution in [3.8, 4) is 0 Å². The van der Waals surface area contributed by atoms with Crippen molar-refractivity contribution in [2.75, 3.05) is 51.9 Å². The van der Waals surface area contributed by atoms with Crippen LogP contribution < -0.4 is 16.0 Å². The number of nitrogens with one attached hydrogen (secondary N) is 3. The molecule has 1 aromatic heterocycles. The number of ether oxygens (including phenoxy) is 4. The van der Waals surface area contributed by atoms with Crippen molar-refractivity contribution in [3.05, 3.63) is 47.3 Å². The summed E-state index contributed by atoms with van der Waals surface area (Å²) in [6, 6.07) is 0.410. The quantitative estimate of drug-likeness (QED) is 0.0550. The number of urea groups is 1. The first-order valence-corrected chi connectivity index (χ1v) is 25.0. The average molecular weight is 883 g/mol. The van der Waals surface area contributed by atoms with Gasteiger partial charge in [0.05, 0.1) is 83.3 Å². The van der Waals surface area contributed by atoms with E-state index in [0.717, 1.165) is 62.8 Å². The van der Waals surface area contributed by atoms with Crippen molar-refractivity contribution in [1.29, 1.82) is 0 Å². The molecule has 14 heteroatoms. The van der Waals surface area contributed by atoms with Gasteiger partial charge in [-0.3, -0.25) is 4.79 Å². The summed E-state index contributed by atoms with van der Waals surface area (Å²) < 4.78 is 25.6. The molecule has 5 aliphatic rings. The standard InChI is InChI=1S/C48H78N6O7S/c1-33(2)12-19-43(35(4)40-17-18-41-36(9-8-20-48(40,41)5)14-15-37-29-39(55)16-13-34(37)3)61-31-38-30-54(53-52-38)22-24-59-26-28-60-27-25-58-23-21-49-45(56)11-7-6-10-44-46-42(32-62-44)50-47(57)51-46/h14-15,30,33,35,39-44,46,55H,3,6-13,16-29,31-32H2,1-2,4-5H3,(H,49,56)(H2,50,51,57)/b36-14+,37-15?/t35-,39-,40+,41-,42+,43+,44+,46+,48+/m0/s1. The largest absolute Gasteiger partial charge is 0.393 e. The third-order valence-electron chi connectivity index (χ3n) is 14.4. The predicted molar refractivity (Wildman–Crippen MR) is 245 cm³/mol. The van der Waals surface area contributed by atoms with Crippen molar-refractivity contribution in [3.63, 3.8) is 0 Å². The number of aliphatic hydroxyl groups is 1. The van der Waals surface area contributed by atoms with Gasteiger partial charge in [-0.15, -0.1) is 5.10 Å². The molecule has 1 aromatic rings. The van der Waals surface area contributed by atoms with Crippen molar-refractivity contribution in [2.45, 2.75) is 160 Å². The average Bonchev–Trinajstić information content (AvgIpc) is 4.03. The van der Waals surface area contributed by atoms with Crippen LogP contribution in [0.5, 0.6) is 0 Å². The van der Waals surface area contributed by atoms with Crippen molar-refractivity contribution in [2.24, 2.45) is 29.1 Å². The third-order valence-corrected chi connectivity index (χ3v) is 15.9. The summed E-state index contributed by atoms with van der Waals surface area (Å²) in [6.45, 7) is 18.3. The number of aromatic nitrogens is 3. The Balaban J connectivity index is 0.812. The van der Waals surface area contributed by atoms with E-state index in [9.17, 15) is 14.7 Å². The summed E-state index contributed by atoms with van der Waals surface area (Å²) >= 11 is 1.91. The highest BCUT2D eigenvalue weighted by Crippen LogP contribution is 2.60. The van der Waals surface area contributed by atoms with Crippen molar-refractivity contribution >= 4 is 23.7 Å². The topological polar surface area (TPSA) is 158 Å². The van der Waals surface area contributed by atoms with Gasteiger partial charge in [-0.1, -0.05) is 69.2 Å². The van der Waals surface area contributed by atoms with Crippen LogP contribution in [-0.4, -0.2) is 114 Å². The summed E-state index contributed by atoms with van der Waals surface area (Å²) in [7, 11) is 0. The second-order valence-electron chi connectivity index (χ2n) is 19.2. The first-order chi connectivity index (χ1) is 30.0. The highest BCUT2D eigenvalue weighted by Gasteiger charge is 2.52. The number of rotatable bonds is 26. The molecule has 5 fully saturated rings. The predicted octanol–water partition coefficient (Wildman–Crippen LogP) is 7.30. The molecule has 2 aliphatic heterocycles. The molecule has 0 unspecified atom stereocenters. The zero-order chi connectivity index (χ0) is 43.9. The number of carbonyl (C=O) groups is 2. The van der Waals surface area contributed by atoms with Gasteiger partial charge < -0.3 is 40.0 Å². The molecule has 0 spiro atoms. The molecule has 2 saturated heterocycles. The Morgan fingerprint density at radius 3 is 2.65 bits per heavy atom. The zero-order valence-corrected chi connectivity index (χ0v) is 39.1. The van der Waals surface area contributed by atoms with E-state index in [1.54, 1.807) is 5.57 Å². The Morgan fingerprint density at radius 2 is 1.84 bits per heavy atom. The van der Waals surface area contributed by atoms with Crippen molar-refractivity contribution in [1.82, 2.24) is 30.9 Å². The Bertz CT molecular complexity index is 1650. The van der Waals surface area contributed by atoms with Crippen LogP contribution in [0.25, 0.3) is 0 Å². The highest BCUT2D eigenvalue weighted by atomic mass is 32.2. The van der Waals surface area contributed by atoms with E-state index >= 15 is 0 Å². The van der Waals surface area contributed by atoms with Crippen LogP contribution in [0.4, 0.5) is 4.79 Å². The van der Waals surface area contributed by atoms with Gasteiger partial charge in [0, 0.05) is 24.0 Å².